The molecule has 1 aromatic carbocycles. The number of hydrogen-bond acceptors (Lipinski definition) is 2. The fraction of sp³-hybridized carbons (Fsp3) is 0.625. The predicted molar refractivity (Wildman–Crippen MR) is 77.7 cm³/mol. The van der Waals surface area contributed by atoms with Crippen molar-refractivity contribution < 1.29 is 0 Å². The smallest absolute Gasteiger partial charge is 0.0294 e. The van der Waals surface area contributed by atoms with Gasteiger partial charge in [0.25, 0.3) is 0 Å². The summed E-state index contributed by atoms with van der Waals surface area (Å²) < 4.78 is 0. The lowest BCUT2D eigenvalue weighted by Gasteiger charge is -2.30. The molecule has 0 aliphatic carbocycles. The van der Waals surface area contributed by atoms with E-state index in [1.807, 2.05) is 0 Å². The van der Waals surface area contributed by atoms with E-state index in [2.05, 4.69) is 54.4 Å². The van der Waals surface area contributed by atoms with Gasteiger partial charge in [0.2, 0.25) is 0 Å². The van der Waals surface area contributed by atoms with Crippen LogP contribution < -0.4 is 5.32 Å². The second-order valence-electron chi connectivity index (χ2n) is 5.56. The number of nitrogens with one attached hydrogen (secondary N) is 1. The van der Waals surface area contributed by atoms with Gasteiger partial charge in [0.1, 0.15) is 0 Å². The summed E-state index contributed by atoms with van der Waals surface area (Å²) in [6.07, 6.45) is 4.17. The number of likely N-dealkylation sites (tertiary alicyclic amines) is 1. The zero-order chi connectivity index (χ0) is 12.8. The summed E-state index contributed by atoms with van der Waals surface area (Å²) >= 11 is 0. The lowest BCUT2D eigenvalue weighted by Crippen LogP contribution is -2.42. The summed E-state index contributed by atoms with van der Waals surface area (Å²) in [7, 11) is 0. The van der Waals surface area contributed by atoms with Crippen molar-refractivity contribution in [3.05, 3.63) is 35.9 Å². The van der Waals surface area contributed by atoms with Crippen LogP contribution in [0.3, 0.4) is 0 Å². The number of benzene rings is 1. The van der Waals surface area contributed by atoms with E-state index in [1.54, 1.807) is 0 Å². The normalized spacial score (nSPS) is 20.6. The van der Waals surface area contributed by atoms with E-state index in [9.17, 15) is 0 Å². The molecule has 18 heavy (non-hydrogen) atoms. The molecule has 2 nitrogen and oxygen atoms in total. The highest BCUT2D eigenvalue weighted by Gasteiger charge is 2.15. The molecular weight excluding hydrogens is 220 g/mol. The number of nitrogens with zero attached hydrogens (tertiary/aromatic N) is 1. The van der Waals surface area contributed by atoms with E-state index in [1.165, 1.54) is 44.5 Å². The van der Waals surface area contributed by atoms with E-state index >= 15 is 0 Å². The SMILES string of the molecule is CC(CN1CCCCC1)NC(C)c1ccccc1. The van der Waals surface area contributed by atoms with E-state index in [4.69, 9.17) is 0 Å². The van der Waals surface area contributed by atoms with Gasteiger partial charge in [-0.2, -0.15) is 0 Å². The molecule has 1 heterocycles. The van der Waals surface area contributed by atoms with Crippen LogP contribution >= 0.6 is 0 Å². The molecule has 0 bridgehead atoms. The molecule has 1 saturated heterocycles. The Balaban J connectivity index is 1.78. The third-order valence-corrected chi connectivity index (χ3v) is 3.81. The lowest BCUT2D eigenvalue weighted by molar-refractivity contribution is 0.205. The second-order valence-corrected chi connectivity index (χ2v) is 5.56. The van der Waals surface area contributed by atoms with Crippen molar-refractivity contribution in [3.8, 4) is 0 Å². The van der Waals surface area contributed by atoms with Crippen LogP contribution in [0.2, 0.25) is 0 Å². The van der Waals surface area contributed by atoms with E-state index in [0.717, 1.165) is 0 Å². The average Bonchev–Trinajstić information content (AvgIpc) is 2.40. The zero-order valence-electron chi connectivity index (χ0n) is 11.7. The minimum atomic E-state index is 0.436. The Morgan fingerprint density at radius 2 is 1.72 bits per heavy atom. The highest BCUT2D eigenvalue weighted by molar-refractivity contribution is 5.18. The van der Waals surface area contributed by atoms with Gasteiger partial charge in [-0.15, -0.1) is 0 Å². The van der Waals surface area contributed by atoms with Crippen molar-refractivity contribution in [2.45, 2.75) is 45.2 Å². The largest absolute Gasteiger partial charge is 0.306 e. The maximum absolute atomic E-state index is 3.70. The van der Waals surface area contributed by atoms with Gasteiger partial charge in [-0.3, -0.25) is 0 Å². The highest BCUT2D eigenvalue weighted by atomic mass is 15.2. The van der Waals surface area contributed by atoms with Crippen molar-refractivity contribution in [2.24, 2.45) is 0 Å². The zero-order valence-corrected chi connectivity index (χ0v) is 11.7. The molecule has 2 unspecified atom stereocenters. The van der Waals surface area contributed by atoms with Crippen LogP contribution in [-0.2, 0) is 0 Å². The Labute approximate surface area is 111 Å². The standard InChI is InChI=1S/C16H26N2/c1-14(13-18-11-7-4-8-12-18)17-15(2)16-9-5-3-6-10-16/h3,5-6,9-10,14-15,17H,4,7-8,11-13H2,1-2H3. The summed E-state index contributed by atoms with van der Waals surface area (Å²) in [6, 6.07) is 11.7. The van der Waals surface area contributed by atoms with Crippen LogP contribution in [0.25, 0.3) is 0 Å². The third kappa shape index (κ3) is 4.11. The minimum absolute atomic E-state index is 0.436. The van der Waals surface area contributed by atoms with Gasteiger partial charge >= 0.3 is 0 Å². The minimum Gasteiger partial charge on any atom is -0.306 e. The summed E-state index contributed by atoms with van der Waals surface area (Å²) in [5.74, 6) is 0. The molecule has 0 amide bonds. The topological polar surface area (TPSA) is 15.3 Å². The molecule has 1 fully saturated rings. The molecule has 1 aliphatic heterocycles. The summed E-state index contributed by atoms with van der Waals surface area (Å²) in [5, 5.41) is 3.70. The molecule has 1 aromatic rings. The number of hydrogen-bond donors (Lipinski definition) is 1. The Morgan fingerprint density at radius 3 is 2.39 bits per heavy atom. The van der Waals surface area contributed by atoms with Gasteiger partial charge in [-0.1, -0.05) is 36.8 Å². The van der Waals surface area contributed by atoms with Crippen LogP contribution in [0, 0.1) is 0 Å². The molecule has 2 rings (SSSR count). The van der Waals surface area contributed by atoms with Crippen molar-refractivity contribution in [1.82, 2.24) is 10.2 Å². The maximum Gasteiger partial charge on any atom is 0.0294 e. The van der Waals surface area contributed by atoms with Crippen LogP contribution in [0.5, 0.6) is 0 Å². The number of rotatable bonds is 5. The van der Waals surface area contributed by atoms with Crippen LogP contribution in [0.15, 0.2) is 30.3 Å². The maximum atomic E-state index is 3.70. The Bertz CT molecular complexity index is 330. The molecule has 100 valence electrons. The molecule has 1 N–H and O–H groups in total. The first-order valence-electron chi connectivity index (χ1n) is 7.29. The monoisotopic (exact) mass is 246 g/mol. The molecule has 0 radical (unpaired) electrons. The van der Waals surface area contributed by atoms with E-state index in [-0.39, 0.29) is 0 Å². The Morgan fingerprint density at radius 1 is 1.06 bits per heavy atom. The fourth-order valence-electron chi connectivity index (χ4n) is 2.85. The van der Waals surface area contributed by atoms with Crippen molar-refractivity contribution >= 4 is 0 Å². The number of piperidine rings is 1. The van der Waals surface area contributed by atoms with Crippen LogP contribution in [0.1, 0.15) is 44.7 Å². The molecule has 2 heteroatoms. The molecule has 0 saturated carbocycles. The molecule has 0 spiro atoms. The summed E-state index contributed by atoms with van der Waals surface area (Å²) in [4.78, 5) is 2.60. The molecule has 2 atom stereocenters. The van der Waals surface area contributed by atoms with Gasteiger partial charge in [0.05, 0.1) is 0 Å². The van der Waals surface area contributed by atoms with Gasteiger partial charge in [0, 0.05) is 18.6 Å². The Hall–Kier alpha value is -0.860. The molecule has 1 aliphatic rings. The lowest BCUT2D eigenvalue weighted by atomic mass is 10.1. The average molecular weight is 246 g/mol. The van der Waals surface area contributed by atoms with E-state index < -0.39 is 0 Å². The first-order chi connectivity index (χ1) is 8.75. The van der Waals surface area contributed by atoms with Crippen molar-refractivity contribution in [1.29, 1.82) is 0 Å². The van der Waals surface area contributed by atoms with Gasteiger partial charge in [0.15, 0.2) is 0 Å². The summed E-state index contributed by atoms with van der Waals surface area (Å²) in [5.41, 5.74) is 1.38. The first kappa shape index (κ1) is 13.6. The van der Waals surface area contributed by atoms with Gasteiger partial charge in [-0.05, 0) is 45.3 Å². The molecule has 0 aromatic heterocycles. The summed E-state index contributed by atoms with van der Waals surface area (Å²) in [6.45, 7) is 8.30. The first-order valence-corrected chi connectivity index (χ1v) is 7.29. The van der Waals surface area contributed by atoms with Gasteiger partial charge in [-0.25, -0.2) is 0 Å². The Kier molecular flexibility index (Phi) is 5.21. The van der Waals surface area contributed by atoms with Crippen molar-refractivity contribution in [3.63, 3.8) is 0 Å². The van der Waals surface area contributed by atoms with Crippen molar-refractivity contribution in [2.75, 3.05) is 19.6 Å². The molecular formula is C16H26N2. The van der Waals surface area contributed by atoms with Crippen LogP contribution in [-0.4, -0.2) is 30.6 Å². The van der Waals surface area contributed by atoms with E-state index in [0.29, 0.717) is 12.1 Å². The van der Waals surface area contributed by atoms with Gasteiger partial charge < -0.3 is 10.2 Å². The quantitative estimate of drug-likeness (QED) is 0.858. The highest BCUT2D eigenvalue weighted by Crippen LogP contribution is 2.13. The fourth-order valence-corrected chi connectivity index (χ4v) is 2.85. The predicted octanol–water partition coefficient (Wildman–Crippen LogP) is 3.21. The van der Waals surface area contributed by atoms with Crippen LogP contribution in [0.4, 0.5) is 0 Å². The third-order valence-electron chi connectivity index (χ3n) is 3.81. The second kappa shape index (κ2) is 6.91.